The predicted octanol–water partition coefficient (Wildman–Crippen LogP) is 3.21. The number of likely N-dealkylation sites (tertiary alicyclic amines) is 1. The molecule has 160 valence electrons. The van der Waals surface area contributed by atoms with Crippen molar-refractivity contribution in [3.05, 3.63) is 47.8 Å². The molecule has 5 nitrogen and oxygen atoms in total. The molecule has 0 amide bonds. The second-order valence-electron chi connectivity index (χ2n) is 7.65. The van der Waals surface area contributed by atoms with Gasteiger partial charge in [0.25, 0.3) is 0 Å². The highest BCUT2D eigenvalue weighted by Crippen LogP contribution is 2.39. The highest BCUT2D eigenvalue weighted by atomic mass is 19.4. The molecule has 10 heteroatoms. The third-order valence-corrected chi connectivity index (χ3v) is 5.55. The number of hydrogen-bond donors (Lipinski definition) is 2. The van der Waals surface area contributed by atoms with Crippen molar-refractivity contribution in [3.63, 3.8) is 0 Å². The Morgan fingerprint density at radius 2 is 1.90 bits per heavy atom. The van der Waals surface area contributed by atoms with Gasteiger partial charge in [0, 0.05) is 37.0 Å². The summed E-state index contributed by atoms with van der Waals surface area (Å²) >= 11 is 0. The molecule has 1 saturated heterocycles. The Morgan fingerprint density at radius 1 is 1.21 bits per heavy atom. The summed E-state index contributed by atoms with van der Waals surface area (Å²) < 4.78 is 67.9. The SMILES string of the molecule is CC1CN(C(O)[C@@](C)(O)C(F)(F)F)CCC1c1ccnn1-c1ccc(F)cc1F. The zero-order chi connectivity index (χ0) is 21.6. The maximum Gasteiger partial charge on any atom is 0.420 e. The maximum absolute atomic E-state index is 14.2. The molecular formula is C19H22F5N3O2. The monoisotopic (exact) mass is 419 g/mol. The van der Waals surface area contributed by atoms with Crippen molar-refractivity contribution in [2.24, 2.45) is 5.92 Å². The first-order chi connectivity index (χ1) is 13.4. The third-order valence-electron chi connectivity index (χ3n) is 5.55. The van der Waals surface area contributed by atoms with Gasteiger partial charge in [-0.25, -0.2) is 13.5 Å². The van der Waals surface area contributed by atoms with Gasteiger partial charge < -0.3 is 10.2 Å². The summed E-state index contributed by atoms with van der Waals surface area (Å²) in [6.07, 6.45) is -5.25. The summed E-state index contributed by atoms with van der Waals surface area (Å²) in [6.45, 7) is 2.53. The molecule has 2 heterocycles. The van der Waals surface area contributed by atoms with E-state index in [0.29, 0.717) is 19.0 Å². The number of aliphatic hydroxyl groups excluding tert-OH is 1. The second kappa shape index (κ2) is 7.66. The number of aromatic nitrogens is 2. The average molecular weight is 419 g/mol. The number of rotatable bonds is 4. The molecule has 1 aromatic heterocycles. The van der Waals surface area contributed by atoms with E-state index >= 15 is 0 Å². The molecule has 2 aromatic rings. The summed E-state index contributed by atoms with van der Waals surface area (Å²) in [5.41, 5.74) is -2.56. The Balaban J connectivity index is 1.81. The van der Waals surface area contributed by atoms with Crippen LogP contribution in [0.4, 0.5) is 22.0 Å². The minimum absolute atomic E-state index is 0.0704. The normalized spacial score (nSPS) is 24.3. The van der Waals surface area contributed by atoms with E-state index in [1.807, 2.05) is 0 Å². The lowest BCUT2D eigenvalue weighted by Crippen LogP contribution is -2.61. The number of alkyl halides is 3. The zero-order valence-corrected chi connectivity index (χ0v) is 15.9. The highest BCUT2D eigenvalue weighted by molar-refractivity contribution is 5.35. The van der Waals surface area contributed by atoms with Gasteiger partial charge in [-0.1, -0.05) is 6.92 Å². The third kappa shape index (κ3) is 4.01. The van der Waals surface area contributed by atoms with Gasteiger partial charge in [0.2, 0.25) is 0 Å². The summed E-state index contributed by atoms with van der Waals surface area (Å²) in [4.78, 5) is 1.19. The fraction of sp³-hybridized carbons (Fsp3) is 0.526. The van der Waals surface area contributed by atoms with Gasteiger partial charge in [-0.05, 0) is 37.5 Å². The molecule has 0 radical (unpaired) electrons. The zero-order valence-electron chi connectivity index (χ0n) is 15.9. The van der Waals surface area contributed by atoms with E-state index in [4.69, 9.17) is 0 Å². The molecule has 3 rings (SSSR count). The lowest BCUT2D eigenvalue weighted by molar-refractivity contribution is -0.306. The molecule has 1 fully saturated rings. The van der Waals surface area contributed by atoms with Crippen molar-refractivity contribution in [2.45, 2.75) is 44.2 Å². The molecule has 3 unspecified atom stereocenters. The van der Waals surface area contributed by atoms with Gasteiger partial charge in [-0.3, -0.25) is 4.90 Å². The lowest BCUT2D eigenvalue weighted by Gasteiger charge is -2.44. The van der Waals surface area contributed by atoms with Gasteiger partial charge in [-0.15, -0.1) is 0 Å². The fourth-order valence-electron chi connectivity index (χ4n) is 3.79. The van der Waals surface area contributed by atoms with E-state index in [1.54, 1.807) is 13.0 Å². The van der Waals surface area contributed by atoms with Crippen molar-refractivity contribution in [1.82, 2.24) is 14.7 Å². The Kier molecular flexibility index (Phi) is 5.72. The lowest BCUT2D eigenvalue weighted by atomic mass is 9.83. The number of aliphatic hydroxyl groups is 2. The van der Waals surface area contributed by atoms with Gasteiger partial charge in [0.15, 0.2) is 11.4 Å². The van der Waals surface area contributed by atoms with Crippen LogP contribution < -0.4 is 0 Å². The van der Waals surface area contributed by atoms with Crippen LogP contribution >= 0.6 is 0 Å². The van der Waals surface area contributed by atoms with Crippen LogP contribution in [0.5, 0.6) is 0 Å². The van der Waals surface area contributed by atoms with Crippen LogP contribution in [-0.2, 0) is 0 Å². The Bertz CT molecular complexity index is 868. The van der Waals surface area contributed by atoms with Crippen LogP contribution in [0.2, 0.25) is 0 Å². The van der Waals surface area contributed by atoms with Crippen molar-refractivity contribution < 1.29 is 32.2 Å². The number of piperidine rings is 1. The summed E-state index contributed by atoms with van der Waals surface area (Å²) in [7, 11) is 0. The van der Waals surface area contributed by atoms with E-state index in [1.165, 1.54) is 21.8 Å². The highest BCUT2D eigenvalue weighted by Gasteiger charge is 2.57. The quantitative estimate of drug-likeness (QED) is 0.748. The molecule has 29 heavy (non-hydrogen) atoms. The number of nitrogens with zero attached hydrogens (tertiary/aromatic N) is 3. The summed E-state index contributed by atoms with van der Waals surface area (Å²) in [5.74, 6) is -1.90. The molecule has 4 atom stereocenters. The topological polar surface area (TPSA) is 61.5 Å². The van der Waals surface area contributed by atoms with Crippen LogP contribution in [0.15, 0.2) is 30.5 Å². The second-order valence-corrected chi connectivity index (χ2v) is 7.65. The molecular weight excluding hydrogens is 397 g/mol. The predicted molar refractivity (Wildman–Crippen MR) is 94.3 cm³/mol. The van der Waals surface area contributed by atoms with Gasteiger partial charge in [0.1, 0.15) is 17.7 Å². The van der Waals surface area contributed by atoms with E-state index in [0.717, 1.165) is 12.1 Å². The Hall–Kier alpha value is -2.04. The van der Waals surface area contributed by atoms with Crippen molar-refractivity contribution in [2.75, 3.05) is 13.1 Å². The van der Waals surface area contributed by atoms with E-state index in [2.05, 4.69) is 5.10 Å². The number of benzene rings is 1. The first-order valence-corrected chi connectivity index (χ1v) is 9.14. The first-order valence-electron chi connectivity index (χ1n) is 9.14. The maximum atomic E-state index is 14.2. The van der Waals surface area contributed by atoms with E-state index in [-0.39, 0.29) is 30.6 Å². The average Bonchev–Trinajstić information content (AvgIpc) is 3.09. The summed E-state index contributed by atoms with van der Waals surface area (Å²) in [6, 6.07) is 4.82. The molecule has 1 aliphatic heterocycles. The van der Waals surface area contributed by atoms with Crippen LogP contribution in [-0.4, -0.2) is 56.0 Å². The van der Waals surface area contributed by atoms with Crippen molar-refractivity contribution in [1.29, 1.82) is 0 Å². The first kappa shape index (κ1) is 21.7. The molecule has 1 aliphatic rings. The van der Waals surface area contributed by atoms with E-state index in [9.17, 15) is 32.2 Å². The Morgan fingerprint density at radius 3 is 2.48 bits per heavy atom. The van der Waals surface area contributed by atoms with Gasteiger partial charge in [0.05, 0.1) is 0 Å². The van der Waals surface area contributed by atoms with E-state index < -0.39 is 29.6 Å². The van der Waals surface area contributed by atoms with Crippen LogP contribution in [0.25, 0.3) is 5.69 Å². The van der Waals surface area contributed by atoms with Crippen LogP contribution in [0, 0.1) is 17.6 Å². The fourth-order valence-corrected chi connectivity index (χ4v) is 3.79. The minimum atomic E-state index is -4.98. The summed E-state index contributed by atoms with van der Waals surface area (Å²) in [5, 5.41) is 24.0. The molecule has 0 aliphatic carbocycles. The molecule has 0 bridgehead atoms. The van der Waals surface area contributed by atoms with Crippen molar-refractivity contribution in [3.8, 4) is 5.69 Å². The van der Waals surface area contributed by atoms with Crippen LogP contribution in [0.1, 0.15) is 31.9 Å². The Labute approximate surface area is 164 Å². The van der Waals surface area contributed by atoms with Gasteiger partial charge >= 0.3 is 6.18 Å². The minimum Gasteiger partial charge on any atom is -0.378 e. The number of hydrogen-bond acceptors (Lipinski definition) is 4. The van der Waals surface area contributed by atoms with Crippen LogP contribution in [0.3, 0.4) is 0 Å². The standard InChI is InChI=1S/C19H22F5N3O2/c1-11-10-26(17(28)18(2,29)19(22,23)24)8-6-13(11)15-5-7-25-27(15)16-4-3-12(20)9-14(16)21/h3-5,7,9,11,13,17,28-29H,6,8,10H2,1-2H3/t11?,13?,17?,18-/m1/s1. The van der Waals surface area contributed by atoms with Crippen molar-refractivity contribution >= 4 is 0 Å². The molecule has 1 aromatic carbocycles. The molecule has 0 spiro atoms. The smallest absolute Gasteiger partial charge is 0.378 e. The largest absolute Gasteiger partial charge is 0.420 e. The number of halogens is 5. The molecule has 0 saturated carbocycles. The molecule has 2 N–H and O–H groups in total. The van der Waals surface area contributed by atoms with Gasteiger partial charge in [-0.2, -0.15) is 18.3 Å².